The SMILES string of the molecule is CSC(C)CCCO. The zero-order valence-electron chi connectivity index (χ0n) is 5.55. The first-order valence-corrected chi connectivity index (χ1v) is 4.23. The van der Waals surface area contributed by atoms with Gasteiger partial charge in [-0.1, -0.05) is 6.92 Å². The summed E-state index contributed by atoms with van der Waals surface area (Å²) in [5.41, 5.74) is 0. The largest absolute Gasteiger partial charge is 0.396 e. The summed E-state index contributed by atoms with van der Waals surface area (Å²) in [5.74, 6) is 0. The minimum absolute atomic E-state index is 0.338. The molecule has 0 aromatic carbocycles. The third kappa shape index (κ3) is 4.47. The third-order valence-corrected chi connectivity index (χ3v) is 2.21. The summed E-state index contributed by atoms with van der Waals surface area (Å²) in [6.45, 7) is 2.52. The Bertz CT molecular complexity index is 47.8. The van der Waals surface area contributed by atoms with Crippen LogP contribution in [0.4, 0.5) is 0 Å². The van der Waals surface area contributed by atoms with Gasteiger partial charge in [0.15, 0.2) is 0 Å². The molecule has 0 spiro atoms. The molecule has 0 aliphatic carbocycles. The van der Waals surface area contributed by atoms with Crippen LogP contribution in [-0.2, 0) is 0 Å². The van der Waals surface area contributed by atoms with Crippen LogP contribution in [0.1, 0.15) is 19.8 Å². The zero-order valence-corrected chi connectivity index (χ0v) is 6.37. The molecule has 2 heteroatoms. The second-order valence-corrected chi connectivity index (χ2v) is 3.19. The number of aliphatic hydroxyl groups excluding tert-OH is 1. The first-order valence-electron chi connectivity index (χ1n) is 2.95. The zero-order chi connectivity index (χ0) is 6.41. The Balaban J connectivity index is 2.86. The summed E-state index contributed by atoms with van der Waals surface area (Å²) in [6, 6.07) is 0. The van der Waals surface area contributed by atoms with E-state index in [9.17, 15) is 0 Å². The van der Waals surface area contributed by atoms with Crippen molar-refractivity contribution in [1.82, 2.24) is 0 Å². The van der Waals surface area contributed by atoms with Crippen molar-refractivity contribution in [1.29, 1.82) is 0 Å². The summed E-state index contributed by atoms with van der Waals surface area (Å²) in [7, 11) is 0. The Labute approximate surface area is 55.5 Å². The van der Waals surface area contributed by atoms with Crippen LogP contribution in [0.2, 0.25) is 0 Å². The van der Waals surface area contributed by atoms with E-state index in [1.54, 1.807) is 0 Å². The molecule has 0 rings (SSSR count). The number of aliphatic hydroxyl groups is 1. The molecule has 8 heavy (non-hydrogen) atoms. The van der Waals surface area contributed by atoms with E-state index < -0.39 is 0 Å². The highest BCUT2D eigenvalue weighted by atomic mass is 32.2. The van der Waals surface area contributed by atoms with E-state index in [4.69, 9.17) is 5.11 Å². The molecule has 1 unspecified atom stereocenters. The number of hydrogen-bond acceptors (Lipinski definition) is 2. The predicted octanol–water partition coefficient (Wildman–Crippen LogP) is 1.51. The summed E-state index contributed by atoms with van der Waals surface area (Å²) < 4.78 is 0. The quantitative estimate of drug-likeness (QED) is 0.629. The Kier molecular flexibility index (Phi) is 5.66. The van der Waals surface area contributed by atoms with Crippen molar-refractivity contribution in [2.24, 2.45) is 0 Å². The maximum absolute atomic E-state index is 8.40. The molecule has 0 aliphatic heterocycles. The molecule has 50 valence electrons. The van der Waals surface area contributed by atoms with Gasteiger partial charge in [-0.15, -0.1) is 0 Å². The van der Waals surface area contributed by atoms with E-state index in [0.29, 0.717) is 11.9 Å². The molecule has 0 aliphatic rings. The lowest BCUT2D eigenvalue weighted by Gasteiger charge is -2.03. The summed E-state index contributed by atoms with van der Waals surface area (Å²) in [6.07, 6.45) is 4.18. The third-order valence-electron chi connectivity index (χ3n) is 1.17. The minimum atomic E-state index is 0.338. The minimum Gasteiger partial charge on any atom is -0.396 e. The molecular weight excluding hydrogens is 120 g/mol. The molecule has 0 aromatic rings. The van der Waals surface area contributed by atoms with Crippen LogP contribution in [-0.4, -0.2) is 23.2 Å². The van der Waals surface area contributed by atoms with Crippen molar-refractivity contribution in [3.63, 3.8) is 0 Å². The normalized spacial score (nSPS) is 13.9. The van der Waals surface area contributed by atoms with Gasteiger partial charge in [0, 0.05) is 11.9 Å². The summed E-state index contributed by atoms with van der Waals surface area (Å²) in [4.78, 5) is 0. The smallest absolute Gasteiger partial charge is 0.0431 e. The van der Waals surface area contributed by atoms with Crippen LogP contribution in [0.5, 0.6) is 0 Å². The van der Waals surface area contributed by atoms with E-state index in [-0.39, 0.29) is 0 Å². The maximum Gasteiger partial charge on any atom is 0.0431 e. The van der Waals surface area contributed by atoms with E-state index in [0.717, 1.165) is 12.8 Å². The van der Waals surface area contributed by atoms with Gasteiger partial charge in [0.25, 0.3) is 0 Å². The molecule has 0 radical (unpaired) electrons. The van der Waals surface area contributed by atoms with Crippen molar-refractivity contribution in [2.75, 3.05) is 12.9 Å². The van der Waals surface area contributed by atoms with Gasteiger partial charge in [-0.05, 0) is 19.1 Å². The first-order chi connectivity index (χ1) is 3.81. The highest BCUT2D eigenvalue weighted by Gasteiger charge is 1.95. The molecule has 0 saturated heterocycles. The Hall–Kier alpha value is 0.310. The molecule has 1 N–H and O–H groups in total. The van der Waals surface area contributed by atoms with Crippen molar-refractivity contribution in [3.8, 4) is 0 Å². The average Bonchev–Trinajstić information content (AvgIpc) is 1.83. The van der Waals surface area contributed by atoms with Crippen molar-refractivity contribution >= 4 is 11.8 Å². The maximum atomic E-state index is 8.40. The standard InChI is InChI=1S/C6H14OS/c1-6(8-2)4-3-5-7/h6-7H,3-5H2,1-2H3. The fourth-order valence-electron chi connectivity index (χ4n) is 0.497. The van der Waals surface area contributed by atoms with Crippen LogP contribution in [0, 0.1) is 0 Å². The highest BCUT2D eigenvalue weighted by Crippen LogP contribution is 2.10. The van der Waals surface area contributed by atoms with Gasteiger partial charge in [-0.25, -0.2) is 0 Å². The molecule has 1 atom stereocenters. The van der Waals surface area contributed by atoms with Crippen LogP contribution < -0.4 is 0 Å². The van der Waals surface area contributed by atoms with E-state index in [1.165, 1.54) is 0 Å². The molecule has 0 aromatic heterocycles. The van der Waals surface area contributed by atoms with E-state index >= 15 is 0 Å². The van der Waals surface area contributed by atoms with Gasteiger partial charge >= 0.3 is 0 Å². The van der Waals surface area contributed by atoms with Gasteiger partial charge < -0.3 is 5.11 Å². The van der Waals surface area contributed by atoms with Crippen LogP contribution in [0.15, 0.2) is 0 Å². The van der Waals surface area contributed by atoms with Crippen LogP contribution in [0.3, 0.4) is 0 Å². The van der Waals surface area contributed by atoms with Gasteiger partial charge in [-0.3, -0.25) is 0 Å². The lowest BCUT2D eigenvalue weighted by molar-refractivity contribution is 0.284. The van der Waals surface area contributed by atoms with E-state index in [1.807, 2.05) is 11.8 Å². The predicted molar refractivity (Wildman–Crippen MR) is 39.3 cm³/mol. The fraction of sp³-hybridized carbons (Fsp3) is 1.00. The second kappa shape index (κ2) is 5.45. The Morgan fingerprint density at radius 3 is 2.62 bits per heavy atom. The highest BCUT2D eigenvalue weighted by molar-refractivity contribution is 7.99. The Morgan fingerprint density at radius 1 is 1.62 bits per heavy atom. The molecule has 1 nitrogen and oxygen atoms in total. The number of hydrogen-bond donors (Lipinski definition) is 1. The molecule has 0 fully saturated rings. The molecular formula is C6H14OS. The van der Waals surface area contributed by atoms with Crippen molar-refractivity contribution < 1.29 is 5.11 Å². The van der Waals surface area contributed by atoms with Crippen molar-refractivity contribution in [2.45, 2.75) is 25.0 Å². The number of thioether (sulfide) groups is 1. The molecule has 0 heterocycles. The molecule has 0 amide bonds. The van der Waals surface area contributed by atoms with Crippen LogP contribution >= 0.6 is 11.8 Å². The summed E-state index contributed by atoms with van der Waals surface area (Å²) in [5, 5.41) is 9.11. The first kappa shape index (κ1) is 8.31. The number of rotatable bonds is 4. The second-order valence-electron chi connectivity index (χ2n) is 1.91. The van der Waals surface area contributed by atoms with Gasteiger partial charge in [0.2, 0.25) is 0 Å². The van der Waals surface area contributed by atoms with Crippen molar-refractivity contribution in [3.05, 3.63) is 0 Å². The van der Waals surface area contributed by atoms with Crippen LogP contribution in [0.25, 0.3) is 0 Å². The lowest BCUT2D eigenvalue weighted by Crippen LogP contribution is -1.95. The lowest BCUT2D eigenvalue weighted by atomic mass is 10.3. The molecule has 0 saturated carbocycles. The fourth-order valence-corrected chi connectivity index (χ4v) is 0.899. The average molecular weight is 134 g/mol. The van der Waals surface area contributed by atoms with Gasteiger partial charge in [-0.2, -0.15) is 11.8 Å². The molecule has 0 bridgehead atoms. The van der Waals surface area contributed by atoms with Gasteiger partial charge in [0.05, 0.1) is 0 Å². The Morgan fingerprint density at radius 2 is 2.25 bits per heavy atom. The van der Waals surface area contributed by atoms with E-state index in [2.05, 4.69) is 13.2 Å². The topological polar surface area (TPSA) is 20.2 Å². The summed E-state index contributed by atoms with van der Waals surface area (Å²) >= 11 is 1.85. The monoisotopic (exact) mass is 134 g/mol. The van der Waals surface area contributed by atoms with Gasteiger partial charge in [0.1, 0.15) is 0 Å².